The Balaban J connectivity index is 2.78. The first-order chi connectivity index (χ1) is 10.0. The van der Waals surface area contributed by atoms with E-state index in [2.05, 4.69) is 5.32 Å². The Kier molecular flexibility index (Phi) is 6.01. The lowest BCUT2D eigenvalue weighted by molar-refractivity contribution is -0.133. The van der Waals surface area contributed by atoms with Gasteiger partial charge in [-0.15, -0.1) is 11.8 Å². The van der Waals surface area contributed by atoms with Crippen LogP contribution in [0, 0.1) is 0 Å². The zero-order valence-corrected chi connectivity index (χ0v) is 14.3. The molecule has 6 nitrogen and oxygen atoms in total. The summed E-state index contributed by atoms with van der Waals surface area (Å²) in [6, 6.07) is 6.89. The average Bonchev–Trinajstić information content (AvgIpc) is 2.37. The van der Waals surface area contributed by atoms with E-state index in [0.717, 1.165) is 11.8 Å². The number of carbonyl (C=O) groups is 2. The Morgan fingerprint density at radius 3 is 2.50 bits per heavy atom. The monoisotopic (exact) mass is 345 g/mol. The minimum absolute atomic E-state index is 0.00229. The first-order valence-corrected chi connectivity index (χ1v) is 9.48. The molecule has 1 aromatic carbocycles. The van der Waals surface area contributed by atoms with E-state index in [4.69, 9.17) is 5.11 Å². The van der Waals surface area contributed by atoms with Gasteiger partial charge >= 0.3 is 5.97 Å². The molecule has 1 aromatic rings. The highest BCUT2D eigenvalue weighted by atomic mass is 32.2. The summed E-state index contributed by atoms with van der Waals surface area (Å²) in [4.78, 5) is 22.6. The summed E-state index contributed by atoms with van der Waals surface area (Å²) in [5.74, 6) is -1.00. The molecule has 0 atom stereocenters. The molecule has 0 aromatic heterocycles. The standard InChI is InChI=1S/C14H19NO5S2/c1-14(2,22(3,19)20)13(18)15-11-6-4-5-10(7-11)8-21-9-12(16)17/h4-7H,8-9H2,1-3H3,(H,15,18)(H,16,17). The highest BCUT2D eigenvalue weighted by Crippen LogP contribution is 2.20. The summed E-state index contributed by atoms with van der Waals surface area (Å²) in [5.41, 5.74) is 1.33. The second-order valence-corrected chi connectivity index (χ2v) is 8.87. The maximum atomic E-state index is 12.1. The van der Waals surface area contributed by atoms with Crippen molar-refractivity contribution < 1.29 is 23.1 Å². The van der Waals surface area contributed by atoms with Crippen LogP contribution >= 0.6 is 11.8 Å². The van der Waals surface area contributed by atoms with Gasteiger partial charge in [-0.2, -0.15) is 0 Å². The lowest BCUT2D eigenvalue weighted by Gasteiger charge is -2.21. The Morgan fingerprint density at radius 1 is 1.32 bits per heavy atom. The second kappa shape index (κ2) is 7.15. The maximum Gasteiger partial charge on any atom is 0.313 e. The molecule has 2 N–H and O–H groups in total. The van der Waals surface area contributed by atoms with Gasteiger partial charge in [0.2, 0.25) is 5.91 Å². The number of carboxylic acid groups (broad SMARTS) is 1. The van der Waals surface area contributed by atoms with Gasteiger partial charge in [0.1, 0.15) is 4.75 Å². The summed E-state index contributed by atoms with van der Waals surface area (Å²) < 4.78 is 21.7. The zero-order valence-electron chi connectivity index (χ0n) is 12.6. The summed E-state index contributed by atoms with van der Waals surface area (Å²) in [6.07, 6.45) is 1.02. The third-order valence-corrected chi connectivity index (χ3v) is 6.18. The molecular weight excluding hydrogens is 326 g/mol. The topological polar surface area (TPSA) is 101 Å². The molecular formula is C14H19NO5S2. The van der Waals surface area contributed by atoms with E-state index in [-0.39, 0.29) is 5.75 Å². The van der Waals surface area contributed by atoms with E-state index >= 15 is 0 Å². The lowest BCUT2D eigenvalue weighted by Crippen LogP contribution is -2.43. The molecule has 0 fully saturated rings. The molecule has 0 heterocycles. The molecule has 0 aliphatic heterocycles. The van der Waals surface area contributed by atoms with Gasteiger partial charge in [0.05, 0.1) is 5.75 Å². The van der Waals surface area contributed by atoms with Gasteiger partial charge in [-0.3, -0.25) is 9.59 Å². The van der Waals surface area contributed by atoms with Crippen molar-refractivity contribution in [2.75, 3.05) is 17.3 Å². The molecule has 0 aliphatic carbocycles. The number of hydrogen-bond acceptors (Lipinski definition) is 5. The van der Waals surface area contributed by atoms with E-state index in [9.17, 15) is 18.0 Å². The van der Waals surface area contributed by atoms with Gasteiger partial charge in [0.15, 0.2) is 9.84 Å². The summed E-state index contributed by atoms with van der Waals surface area (Å²) in [7, 11) is -3.54. The Labute approximate surface area is 134 Å². The number of carboxylic acids is 1. The van der Waals surface area contributed by atoms with Gasteiger partial charge in [-0.1, -0.05) is 12.1 Å². The van der Waals surface area contributed by atoms with Crippen LogP contribution in [0.4, 0.5) is 5.69 Å². The number of rotatable bonds is 7. The normalized spacial score (nSPS) is 12.0. The zero-order chi connectivity index (χ0) is 17.0. The second-order valence-electron chi connectivity index (χ2n) is 5.32. The van der Waals surface area contributed by atoms with E-state index in [0.29, 0.717) is 11.4 Å². The predicted octanol–water partition coefficient (Wildman–Crippen LogP) is 1.77. The molecule has 0 bridgehead atoms. The molecule has 1 amide bonds. The number of sulfone groups is 1. The highest BCUT2D eigenvalue weighted by Gasteiger charge is 2.38. The van der Waals surface area contributed by atoms with Crippen LogP contribution in [-0.2, 0) is 25.2 Å². The number of carbonyl (C=O) groups excluding carboxylic acids is 1. The quantitative estimate of drug-likeness (QED) is 0.781. The van der Waals surface area contributed by atoms with E-state index in [1.54, 1.807) is 18.2 Å². The van der Waals surface area contributed by atoms with Gasteiger partial charge in [-0.25, -0.2) is 8.42 Å². The van der Waals surface area contributed by atoms with E-state index in [1.807, 2.05) is 6.07 Å². The summed E-state index contributed by atoms with van der Waals surface area (Å²) in [5, 5.41) is 11.2. The lowest BCUT2D eigenvalue weighted by atomic mass is 10.1. The molecule has 1 rings (SSSR count). The fraction of sp³-hybridized carbons (Fsp3) is 0.429. The van der Waals surface area contributed by atoms with Crippen LogP contribution in [0.1, 0.15) is 19.4 Å². The molecule has 0 aliphatic rings. The number of anilines is 1. The molecule has 0 saturated carbocycles. The van der Waals surface area contributed by atoms with Crippen molar-refractivity contribution in [1.82, 2.24) is 0 Å². The third-order valence-electron chi connectivity index (χ3n) is 3.15. The number of benzene rings is 1. The number of hydrogen-bond donors (Lipinski definition) is 2. The van der Waals surface area contributed by atoms with Crippen molar-refractivity contribution in [3.05, 3.63) is 29.8 Å². The fourth-order valence-corrected chi connectivity index (χ4v) is 2.52. The summed E-state index contributed by atoms with van der Waals surface area (Å²) >= 11 is 1.24. The van der Waals surface area contributed by atoms with Crippen molar-refractivity contribution >= 4 is 39.2 Å². The number of thioether (sulfide) groups is 1. The Morgan fingerprint density at radius 2 is 1.95 bits per heavy atom. The Bertz CT molecular complexity index is 668. The fourth-order valence-electron chi connectivity index (χ4n) is 1.45. The SMILES string of the molecule is CC(C)(C(=O)Nc1cccc(CSCC(=O)O)c1)S(C)(=O)=O. The third kappa shape index (κ3) is 5.03. The minimum Gasteiger partial charge on any atom is -0.481 e. The highest BCUT2D eigenvalue weighted by molar-refractivity contribution is 7.99. The minimum atomic E-state index is -3.54. The van der Waals surface area contributed by atoms with Gasteiger partial charge < -0.3 is 10.4 Å². The first kappa shape index (κ1) is 18.5. The Hall–Kier alpha value is -1.54. The molecule has 0 saturated heterocycles. The first-order valence-electron chi connectivity index (χ1n) is 6.43. The molecule has 0 unspecified atom stereocenters. The van der Waals surface area contributed by atoms with Crippen LogP contribution in [0.25, 0.3) is 0 Å². The largest absolute Gasteiger partial charge is 0.481 e. The molecule has 22 heavy (non-hydrogen) atoms. The van der Waals surface area contributed by atoms with Crippen LogP contribution in [0.15, 0.2) is 24.3 Å². The van der Waals surface area contributed by atoms with Crippen LogP contribution in [0.3, 0.4) is 0 Å². The van der Waals surface area contributed by atoms with E-state index < -0.39 is 26.5 Å². The number of aliphatic carboxylic acids is 1. The van der Waals surface area contributed by atoms with Crippen LogP contribution in [0.5, 0.6) is 0 Å². The van der Waals surface area contributed by atoms with Gasteiger partial charge in [0.25, 0.3) is 0 Å². The molecule has 0 radical (unpaired) electrons. The van der Waals surface area contributed by atoms with E-state index in [1.165, 1.54) is 25.6 Å². The van der Waals surface area contributed by atoms with Crippen molar-refractivity contribution in [3.8, 4) is 0 Å². The molecule has 0 spiro atoms. The van der Waals surface area contributed by atoms with Crippen molar-refractivity contribution in [2.24, 2.45) is 0 Å². The number of nitrogens with one attached hydrogen (secondary N) is 1. The smallest absolute Gasteiger partial charge is 0.313 e. The average molecular weight is 345 g/mol. The van der Waals surface area contributed by atoms with Gasteiger partial charge in [0, 0.05) is 17.7 Å². The number of amides is 1. The van der Waals surface area contributed by atoms with Crippen molar-refractivity contribution in [1.29, 1.82) is 0 Å². The van der Waals surface area contributed by atoms with Crippen LogP contribution < -0.4 is 5.32 Å². The van der Waals surface area contributed by atoms with Crippen LogP contribution in [0.2, 0.25) is 0 Å². The summed E-state index contributed by atoms with van der Waals surface area (Å²) in [6.45, 7) is 2.70. The van der Waals surface area contributed by atoms with Crippen molar-refractivity contribution in [2.45, 2.75) is 24.3 Å². The molecule has 8 heteroatoms. The van der Waals surface area contributed by atoms with Crippen LogP contribution in [-0.4, -0.2) is 42.2 Å². The van der Waals surface area contributed by atoms with Crippen molar-refractivity contribution in [3.63, 3.8) is 0 Å². The van der Waals surface area contributed by atoms with Gasteiger partial charge in [-0.05, 0) is 31.5 Å². The maximum absolute atomic E-state index is 12.1. The predicted molar refractivity (Wildman–Crippen MR) is 87.8 cm³/mol. The molecule has 122 valence electrons.